The summed E-state index contributed by atoms with van der Waals surface area (Å²) in [5.74, 6) is -0.739. The van der Waals surface area contributed by atoms with Gasteiger partial charge in [-0.05, 0) is 25.5 Å². The highest BCUT2D eigenvalue weighted by molar-refractivity contribution is 7.92. The molecule has 8 heteroatoms. The standard InChI is InChI=1S/C13H15N3O4S/c1-3-20-13(17)10-8-14-15-12(10)21(18,19)16-11-7-5-4-6-9(11)2/h4-8,16H,3H2,1-2H3,(H,14,15). The van der Waals surface area contributed by atoms with Gasteiger partial charge in [0.05, 0.1) is 18.5 Å². The van der Waals surface area contributed by atoms with E-state index in [9.17, 15) is 13.2 Å². The number of aromatic amines is 1. The second-order valence-corrected chi connectivity index (χ2v) is 5.87. The molecule has 0 unspecified atom stereocenters. The Morgan fingerprint density at radius 2 is 2.10 bits per heavy atom. The molecule has 0 saturated carbocycles. The van der Waals surface area contributed by atoms with Gasteiger partial charge in [0, 0.05) is 0 Å². The normalized spacial score (nSPS) is 11.1. The van der Waals surface area contributed by atoms with Crippen LogP contribution < -0.4 is 4.72 Å². The van der Waals surface area contributed by atoms with Gasteiger partial charge in [-0.15, -0.1) is 0 Å². The third-order valence-electron chi connectivity index (χ3n) is 2.76. The number of sulfonamides is 1. The third kappa shape index (κ3) is 3.22. The fraction of sp³-hybridized carbons (Fsp3) is 0.231. The van der Waals surface area contributed by atoms with Crippen LogP contribution >= 0.6 is 0 Å². The van der Waals surface area contributed by atoms with Gasteiger partial charge in [-0.2, -0.15) is 13.5 Å². The van der Waals surface area contributed by atoms with Gasteiger partial charge in [-0.3, -0.25) is 9.82 Å². The summed E-state index contributed by atoms with van der Waals surface area (Å²) in [5, 5.41) is 5.62. The fourth-order valence-corrected chi connectivity index (χ4v) is 2.94. The second-order valence-electron chi connectivity index (χ2n) is 4.25. The number of carbonyl (C=O) groups excluding carboxylic acids is 1. The number of nitrogens with one attached hydrogen (secondary N) is 2. The number of esters is 1. The maximum absolute atomic E-state index is 12.4. The molecule has 0 aliphatic rings. The first-order valence-corrected chi connectivity index (χ1v) is 7.73. The molecule has 0 saturated heterocycles. The summed E-state index contributed by atoms with van der Waals surface area (Å²) in [4.78, 5) is 11.7. The zero-order valence-corrected chi connectivity index (χ0v) is 12.4. The molecule has 0 aliphatic heterocycles. The molecule has 0 amide bonds. The smallest absolute Gasteiger partial charge is 0.342 e. The van der Waals surface area contributed by atoms with E-state index in [4.69, 9.17) is 4.74 Å². The van der Waals surface area contributed by atoms with E-state index in [0.29, 0.717) is 5.69 Å². The van der Waals surface area contributed by atoms with E-state index in [2.05, 4.69) is 14.9 Å². The molecule has 2 aromatic rings. The van der Waals surface area contributed by atoms with Crippen molar-refractivity contribution in [3.8, 4) is 0 Å². The van der Waals surface area contributed by atoms with E-state index in [1.54, 1.807) is 38.1 Å². The maximum atomic E-state index is 12.4. The average molecular weight is 309 g/mol. The van der Waals surface area contributed by atoms with Crippen LogP contribution in [0, 0.1) is 6.92 Å². The van der Waals surface area contributed by atoms with Gasteiger partial charge in [-0.25, -0.2) is 4.79 Å². The predicted molar refractivity (Wildman–Crippen MR) is 76.5 cm³/mol. The number of anilines is 1. The topological polar surface area (TPSA) is 101 Å². The monoisotopic (exact) mass is 309 g/mol. The lowest BCUT2D eigenvalue weighted by molar-refractivity contribution is 0.0522. The van der Waals surface area contributed by atoms with Gasteiger partial charge < -0.3 is 4.74 Å². The van der Waals surface area contributed by atoms with Crippen LogP contribution in [0.1, 0.15) is 22.8 Å². The van der Waals surface area contributed by atoms with Crippen molar-refractivity contribution in [3.05, 3.63) is 41.6 Å². The van der Waals surface area contributed by atoms with Gasteiger partial charge in [-0.1, -0.05) is 18.2 Å². The molecule has 0 radical (unpaired) electrons. The Balaban J connectivity index is 2.35. The molecule has 112 valence electrons. The number of rotatable bonds is 5. The largest absolute Gasteiger partial charge is 0.462 e. The minimum Gasteiger partial charge on any atom is -0.462 e. The minimum atomic E-state index is -3.96. The lowest BCUT2D eigenvalue weighted by Gasteiger charge is -2.10. The molecule has 0 spiro atoms. The third-order valence-corrected chi connectivity index (χ3v) is 4.10. The number of hydrogen-bond acceptors (Lipinski definition) is 5. The van der Waals surface area contributed by atoms with E-state index in [-0.39, 0.29) is 17.2 Å². The zero-order chi connectivity index (χ0) is 15.5. The highest BCUT2D eigenvalue weighted by Gasteiger charge is 2.26. The molecular weight excluding hydrogens is 294 g/mol. The molecular formula is C13H15N3O4S. The molecule has 1 aromatic heterocycles. The van der Waals surface area contributed by atoms with Crippen molar-refractivity contribution in [2.24, 2.45) is 0 Å². The van der Waals surface area contributed by atoms with Crippen LogP contribution in [0.4, 0.5) is 5.69 Å². The molecule has 2 N–H and O–H groups in total. The number of ether oxygens (including phenoxy) is 1. The number of aromatic nitrogens is 2. The Morgan fingerprint density at radius 1 is 1.38 bits per heavy atom. The van der Waals surface area contributed by atoms with E-state index >= 15 is 0 Å². The van der Waals surface area contributed by atoms with Crippen molar-refractivity contribution in [1.82, 2.24) is 10.2 Å². The van der Waals surface area contributed by atoms with Crippen LogP contribution in [-0.2, 0) is 14.8 Å². The average Bonchev–Trinajstić information content (AvgIpc) is 2.92. The molecule has 0 fully saturated rings. The van der Waals surface area contributed by atoms with Crippen LogP contribution in [0.15, 0.2) is 35.5 Å². The maximum Gasteiger partial charge on any atom is 0.342 e. The first kappa shape index (κ1) is 15.0. The quantitative estimate of drug-likeness (QED) is 0.819. The van der Waals surface area contributed by atoms with Crippen LogP contribution in [0.5, 0.6) is 0 Å². The van der Waals surface area contributed by atoms with Crippen LogP contribution in [-0.4, -0.2) is 31.2 Å². The summed E-state index contributed by atoms with van der Waals surface area (Å²) in [7, 11) is -3.96. The fourth-order valence-electron chi connectivity index (χ4n) is 1.72. The van der Waals surface area contributed by atoms with Crippen molar-refractivity contribution in [2.75, 3.05) is 11.3 Å². The molecule has 0 bridgehead atoms. The minimum absolute atomic E-state index is 0.127. The Morgan fingerprint density at radius 3 is 2.76 bits per heavy atom. The van der Waals surface area contributed by atoms with Gasteiger partial charge in [0.2, 0.25) is 0 Å². The lowest BCUT2D eigenvalue weighted by atomic mass is 10.2. The predicted octanol–water partition coefficient (Wildman–Crippen LogP) is 1.70. The molecule has 0 atom stereocenters. The molecule has 21 heavy (non-hydrogen) atoms. The van der Waals surface area contributed by atoms with Gasteiger partial charge in [0.15, 0.2) is 5.03 Å². The number of hydrogen-bond donors (Lipinski definition) is 2. The van der Waals surface area contributed by atoms with Crippen molar-refractivity contribution in [1.29, 1.82) is 0 Å². The number of H-pyrrole nitrogens is 1. The highest BCUT2D eigenvalue weighted by Crippen LogP contribution is 2.20. The van der Waals surface area contributed by atoms with E-state index in [0.717, 1.165) is 11.8 Å². The number of nitrogens with zero attached hydrogens (tertiary/aromatic N) is 1. The number of aryl methyl sites for hydroxylation is 1. The van der Waals surface area contributed by atoms with Crippen LogP contribution in [0.25, 0.3) is 0 Å². The first-order valence-electron chi connectivity index (χ1n) is 6.24. The molecule has 0 aliphatic carbocycles. The summed E-state index contributed by atoms with van der Waals surface area (Å²) in [6.07, 6.45) is 1.13. The van der Waals surface area contributed by atoms with Crippen LogP contribution in [0.2, 0.25) is 0 Å². The molecule has 1 heterocycles. The van der Waals surface area contributed by atoms with E-state index in [1.165, 1.54) is 0 Å². The molecule has 7 nitrogen and oxygen atoms in total. The number of carbonyl (C=O) groups is 1. The molecule has 1 aromatic carbocycles. The SMILES string of the molecule is CCOC(=O)c1cn[nH]c1S(=O)(=O)Nc1ccccc1C. The van der Waals surface area contributed by atoms with Gasteiger partial charge >= 0.3 is 5.97 Å². The highest BCUT2D eigenvalue weighted by atomic mass is 32.2. The Labute approximate surface area is 122 Å². The van der Waals surface area contributed by atoms with E-state index in [1.807, 2.05) is 0 Å². The summed E-state index contributed by atoms with van der Waals surface area (Å²) in [5.41, 5.74) is 1.07. The van der Waals surface area contributed by atoms with Gasteiger partial charge in [0.1, 0.15) is 5.56 Å². The summed E-state index contributed by atoms with van der Waals surface area (Å²) in [6.45, 7) is 3.56. The number of benzene rings is 1. The summed E-state index contributed by atoms with van der Waals surface area (Å²) >= 11 is 0. The van der Waals surface area contributed by atoms with Crippen molar-refractivity contribution in [3.63, 3.8) is 0 Å². The number of para-hydroxylation sites is 1. The van der Waals surface area contributed by atoms with Crippen molar-refractivity contribution < 1.29 is 17.9 Å². The van der Waals surface area contributed by atoms with Crippen molar-refractivity contribution in [2.45, 2.75) is 18.9 Å². The van der Waals surface area contributed by atoms with Crippen molar-refractivity contribution >= 4 is 21.7 Å². The zero-order valence-electron chi connectivity index (χ0n) is 11.6. The Bertz CT molecular complexity index is 752. The summed E-state index contributed by atoms with van der Waals surface area (Å²) in [6, 6.07) is 6.92. The first-order chi connectivity index (χ1) is 9.95. The second kappa shape index (κ2) is 5.96. The van der Waals surface area contributed by atoms with Gasteiger partial charge in [0.25, 0.3) is 10.0 Å². The Kier molecular flexibility index (Phi) is 4.27. The lowest BCUT2D eigenvalue weighted by Crippen LogP contribution is -2.18. The Hall–Kier alpha value is -2.35. The van der Waals surface area contributed by atoms with E-state index < -0.39 is 16.0 Å². The molecule has 2 rings (SSSR count). The van der Waals surface area contributed by atoms with Crippen LogP contribution in [0.3, 0.4) is 0 Å². The summed E-state index contributed by atoms with van der Waals surface area (Å²) < 4.78 is 31.9.